The lowest BCUT2D eigenvalue weighted by Crippen LogP contribution is -2.31. The Labute approximate surface area is 123 Å². The molecule has 1 unspecified atom stereocenters. The van der Waals surface area contributed by atoms with E-state index in [1.807, 2.05) is 12.1 Å². The second-order valence-electron chi connectivity index (χ2n) is 5.49. The van der Waals surface area contributed by atoms with E-state index >= 15 is 0 Å². The average Bonchev–Trinajstić information content (AvgIpc) is 2.87. The third-order valence-corrected chi connectivity index (χ3v) is 3.91. The minimum atomic E-state index is 0.677. The molecule has 1 heterocycles. The van der Waals surface area contributed by atoms with Gasteiger partial charge in [-0.3, -0.25) is 4.90 Å². The van der Waals surface area contributed by atoms with Gasteiger partial charge in [0.2, 0.25) is 0 Å². The smallest absolute Gasteiger partial charge is 0.119 e. The summed E-state index contributed by atoms with van der Waals surface area (Å²) in [6.45, 7) is 12.5. The van der Waals surface area contributed by atoms with Gasteiger partial charge in [0.05, 0.1) is 0 Å². The molecule has 0 saturated carbocycles. The Kier molecular flexibility index (Phi) is 6.34. The molecule has 0 aliphatic carbocycles. The van der Waals surface area contributed by atoms with Crippen LogP contribution in [-0.4, -0.2) is 37.2 Å². The summed E-state index contributed by atoms with van der Waals surface area (Å²) in [5, 5.41) is 3.28. The molecular weight excluding hydrogens is 248 g/mol. The Hall–Kier alpha value is -1.06. The van der Waals surface area contributed by atoms with Crippen LogP contribution < -0.4 is 10.1 Å². The predicted octanol–water partition coefficient (Wildman–Crippen LogP) is 2.74. The van der Waals surface area contributed by atoms with Crippen molar-refractivity contribution in [3.05, 3.63) is 36.8 Å². The van der Waals surface area contributed by atoms with Crippen LogP contribution in [0.15, 0.2) is 24.3 Å². The van der Waals surface area contributed by atoms with Crippen molar-refractivity contribution in [2.45, 2.75) is 38.8 Å². The first-order valence-electron chi connectivity index (χ1n) is 7.66. The Bertz CT molecular complexity index is 377. The topological polar surface area (TPSA) is 24.5 Å². The first-order chi connectivity index (χ1) is 9.79. The molecule has 0 aromatic heterocycles. The Morgan fingerprint density at radius 2 is 2.15 bits per heavy atom. The predicted molar refractivity (Wildman–Crippen MR) is 82.8 cm³/mol. The zero-order valence-corrected chi connectivity index (χ0v) is 12.5. The van der Waals surface area contributed by atoms with E-state index in [2.05, 4.69) is 29.3 Å². The van der Waals surface area contributed by atoms with E-state index in [1.54, 1.807) is 0 Å². The fourth-order valence-corrected chi connectivity index (χ4v) is 2.64. The summed E-state index contributed by atoms with van der Waals surface area (Å²) in [5.41, 5.74) is 1.26. The van der Waals surface area contributed by atoms with Crippen molar-refractivity contribution in [2.75, 3.05) is 26.2 Å². The molecule has 3 nitrogen and oxygen atoms in total. The van der Waals surface area contributed by atoms with Crippen molar-refractivity contribution < 1.29 is 4.74 Å². The Morgan fingerprint density at radius 3 is 2.80 bits per heavy atom. The molecule has 20 heavy (non-hydrogen) atoms. The van der Waals surface area contributed by atoms with E-state index in [1.165, 1.54) is 24.9 Å². The Morgan fingerprint density at radius 1 is 1.35 bits per heavy atom. The molecule has 2 rings (SSSR count). The van der Waals surface area contributed by atoms with E-state index in [-0.39, 0.29) is 0 Å². The lowest BCUT2D eigenvalue weighted by molar-refractivity contribution is 0.204. The quantitative estimate of drug-likeness (QED) is 0.738. The number of likely N-dealkylation sites (tertiary alicyclic amines) is 1. The fraction of sp³-hybridized carbons (Fsp3) is 0.588. The van der Waals surface area contributed by atoms with E-state index in [0.717, 1.165) is 38.0 Å². The molecule has 1 atom stereocenters. The van der Waals surface area contributed by atoms with Crippen LogP contribution in [0, 0.1) is 6.92 Å². The molecule has 0 amide bonds. The standard InChI is InChI=1S/C17H26N2O/c1-3-10-18-14-16-6-8-17(9-7-16)20-13-12-19-11-4-5-15(19)2/h1,6-9,15,18H,3-5,10-14H2,2H3. The van der Waals surface area contributed by atoms with Crippen LogP contribution in [0.3, 0.4) is 0 Å². The second kappa shape index (κ2) is 8.28. The Balaban J connectivity index is 1.68. The highest BCUT2D eigenvalue weighted by Crippen LogP contribution is 2.16. The minimum absolute atomic E-state index is 0.677. The second-order valence-corrected chi connectivity index (χ2v) is 5.49. The summed E-state index contributed by atoms with van der Waals surface area (Å²) >= 11 is 0. The summed E-state index contributed by atoms with van der Waals surface area (Å²) in [6, 6.07) is 9.03. The van der Waals surface area contributed by atoms with E-state index in [0.29, 0.717) is 6.42 Å². The van der Waals surface area contributed by atoms with Crippen LogP contribution in [0.5, 0.6) is 5.75 Å². The monoisotopic (exact) mass is 274 g/mol. The summed E-state index contributed by atoms with van der Waals surface area (Å²) in [5.74, 6) is 0.958. The molecular formula is C17H26N2O. The zero-order valence-electron chi connectivity index (χ0n) is 12.5. The third-order valence-electron chi connectivity index (χ3n) is 3.91. The molecule has 1 aliphatic heterocycles. The summed E-state index contributed by atoms with van der Waals surface area (Å²) in [4.78, 5) is 2.51. The van der Waals surface area contributed by atoms with Gasteiger partial charge in [-0.2, -0.15) is 0 Å². The maximum Gasteiger partial charge on any atom is 0.119 e. The molecule has 1 N–H and O–H groups in total. The highest BCUT2D eigenvalue weighted by molar-refractivity contribution is 5.27. The molecule has 1 fully saturated rings. The van der Waals surface area contributed by atoms with Crippen LogP contribution in [0.1, 0.15) is 31.7 Å². The highest BCUT2D eigenvalue weighted by atomic mass is 16.5. The molecule has 2 radical (unpaired) electrons. The number of ether oxygens (including phenoxy) is 1. The van der Waals surface area contributed by atoms with Gasteiger partial charge < -0.3 is 10.1 Å². The van der Waals surface area contributed by atoms with Gasteiger partial charge in [0, 0.05) is 19.1 Å². The van der Waals surface area contributed by atoms with Crippen LogP contribution in [-0.2, 0) is 6.54 Å². The molecule has 0 bridgehead atoms. The first kappa shape index (κ1) is 15.3. The van der Waals surface area contributed by atoms with Crippen molar-refractivity contribution in [3.8, 4) is 5.75 Å². The van der Waals surface area contributed by atoms with Crippen molar-refractivity contribution >= 4 is 0 Å². The number of hydrogen-bond donors (Lipinski definition) is 1. The zero-order chi connectivity index (χ0) is 14.2. The van der Waals surface area contributed by atoms with Crippen molar-refractivity contribution in [1.82, 2.24) is 10.2 Å². The van der Waals surface area contributed by atoms with Crippen LogP contribution >= 0.6 is 0 Å². The number of hydrogen-bond acceptors (Lipinski definition) is 3. The first-order valence-corrected chi connectivity index (χ1v) is 7.66. The van der Waals surface area contributed by atoms with Crippen molar-refractivity contribution in [1.29, 1.82) is 0 Å². The number of nitrogens with zero attached hydrogens (tertiary/aromatic N) is 1. The molecule has 110 valence electrons. The fourth-order valence-electron chi connectivity index (χ4n) is 2.64. The third kappa shape index (κ3) is 4.80. The van der Waals surface area contributed by atoms with E-state index in [9.17, 15) is 0 Å². The molecule has 1 aliphatic rings. The van der Waals surface area contributed by atoms with E-state index < -0.39 is 0 Å². The van der Waals surface area contributed by atoms with Crippen LogP contribution in [0.4, 0.5) is 0 Å². The largest absolute Gasteiger partial charge is 0.492 e. The van der Waals surface area contributed by atoms with Gasteiger partial charge in [0.15, 0.2) is 0 Å². The number of nitrogens with one attached hydrogen (secondary N) is 1. The summed E-state index contributed by atoms with van der Waals surface area (Å²) in [7, 11) is 0. The van der Waals surface area contributed by atoms with Crippen molar-refractivity contribution in [3.63, 3.8) is 0 Å². The molecule has 1 aromatic carbocycles. The van der Waals surface area contributed by atoms with Gasteiger partial charge in [0.25, 0.3) is 0 Å². The molecule has 3 heteroatoms. The minimum Gasteiger partial charge on any atom is -0.492 e. The maximum atomic E-state index is 5.81. The van der Waals surface area contributed by atoms with E-state index in [4.69, 9.17) is 11.7 Å². The van der Waals surface area contributed by atoms with Gasteiger partial charge in [0.1, 0.15) is 12.4 Å². The van der Waals surface area contributed by atoms with Gasteiger partial charge in [-0.1, -0.05) is 12.1 Å². The SMILES string of the molecule is [CH]CCNCc1ccc(OCCN2CCCC2C)cc1. The lowest BCUT2D eigenvalue weighted by atomic mass is 10.2. The van der Waals surface area contributed by atoms with Gasteiger partial charge >= 0.3 is 0 Å². The summed E-state index contributed by atoms with van der Waals surface area (Å²) < 4.78 is 5.81. The maximum absolute atomic E-state index is 5.81. The number of benzene rings is 1. The van der Waals surface area contributed by atoms with Crippen LogP contribution in [0.2, 0.25) is 0 Å². The average molecular weight is 274 g/mol. The molecule has 0 spiro atoms. The normalized spacial score (nSPS) is 19.4. The lowest BCUT2D eigenvalue weighted by Gasteiger charge is -2.20. The van der Waals surface area contributed by atoms with Gasteiger partial charge in [-0.25, -0.2) is 0 Å². The highest BCUT2D eigenvalue weighted by Gasteiger charge is 2.19. The number of rotatable bonds is 8. The van der Waals surface area contributed by atoms with Crippen molar-refractivity contribution in [2.24, 2.45) is 0 Å². The molecule has 1 aromatic rings. The summed E-state index contributed by atoms with van der Waals surface area (Å²) in [6.07, 6.45) is 3.33. The van der Waals surface area contributed by atoms with Gasteiger partial charge in [-0.05, 0) is 63.9 Å². The van der Waals surface area contributed by atoms with Crippen LogP contribution in [0.25, 0.3) is 0 Å². The molecule has 1 saturated heterocycles. The van der Waals surface area contributed by atoms with Gasteiger partial charge in [-0.15, -0.1) is 0 Å².